The molecular weight excluding hydrogens is 356 g/mol. The summed E-state index contributed by atoms with van der Waals surface area (Å²) in [6, 6.07) is 0. The van der Waals surface area contributed by atoms with E-state index < -0.39 is 49.2 Å². The predicted octanol–water partition coefficient (Wildman–Crippen LogP) is 1.43. The molecule has 0 fully saturated rings. The number of aliphatic hydroxyl groups is 5. The number of carbonyl (C=O) groups is 1. The van der Waals surface area contributed by atoms with Crippen LogP contribution >= 0.6 is 0 Å². The Morgan fingerprint density at radius 1 is 1.11 bits per heavy atom. The molecule has 0 saturated carbocycles. The summed E-state index contributed by atoms with van der Waals surface area (Å²) < 4.78 is 10.4. The molecule has 8 heteroatoms. The van der Waals surface area contributed by atoms with E-state index in [0.717, 1.165) is 19.3 Å². The minimum Gasteiger partial charge on any atom is -0.499 e. The third kappa shape index (κ3) is 6.49. The van der Waals surface area contributed by atoms with E-state index in [1.54, 1.807) is 6.08 Å². The lowest BCUT2D eigenvalue weighted by molar-refractivity contribution is -0.169. The smallest absolute Gasteiger partial charge is 0.378 e. The summed E-state index contributed by atoms with van der Waals surface area (Å²) >= 11 is 0. The van der Waals surface area contributed by atoms with Gasteiger partial charge < -0.3 is 35.0 Å². The summed E-state index contributed by atoms with van der Waals surface area (Å²) in [7, 11) is 0. The third-order valence-electron chi connectivity index (χ3n) is 4.53. The van der Waals surface area contributed by atoms with Crippen molar-refractivity contribution in [2.24, 2.45) is 0 Å². The summed E-state index contributed by atoms with van der Waals surface area (Å²) in [5, 5.41) is 48.2. The number of rotatable bonds is 14. The molecule has 0 bridgehead atoms. The number of carbonyl (C=O) groups excluding carboxylic acids is 1. The second-order valence-electron chi connectivity index (χ2n) is 6.74. The third-order valence-corrected chi connectivity index (χ3v) is 4.53. The van der Waals surface area contributed by atoms with Gasteiger partial charge in [0, 0.05) is 6.42 Å². The Morgan fingerprint density at radius 3 is 2.41 bits per heavy atom. The monoisotopic (exact) mass is 388 g/mol. The fourth-order valence-electron chi connectivity index (χ4n) is 2.99. The lowest BCUT2D eigenvalue weighted by Crippen LogP contribution is -2.50. The number of ether oxygens (including phenoxy) is 2. The van der Waals surface area contributed by atoms with Gasteiger partial charge in [-0.25, -0.2) is 4.79 Å². The zero-order chi connectivity index (χ0) is 20.3. The van der Waals surface area contributed by atoms with Gasteiger partial charge in [-0.05, 0) is 18.9 Å². The molecule has 8 nitrogen and oxygen atoms in total. The first-order valence-corrected chi connectivity index (χ1v) is 9.49. The summed E-state index contributed by atoms with van der Waals surface area (Å²) in [4.78, 5) is 11.8. The highest BCUT2D eigenvalue weighted by molar-refractivity contribution is 5.90. The molecular formula is C19H32O8. The Balaban J connectivity index is 2.72. The zero-order valence-electron chi connectivity index (χ0n) is 15.8. The molecule has 156 valence electrons. The number of esters is 1. The van der Waals surface area contributed by atoms with Gasteiger partial charge in [0.05, 0.1) is 25.6 Å². The molecule has 3 atom stereocenters. The highest BCUT2D eigenvalue weighted by Gasteiger charge is 2.55. The van der Waals surface area contributed by atoms with Gasteiger partial charge in [-0.3, -0.25) is 0 Å². The minimum atomic E-state index is -1.97. The van der Waals surface area contributed by atoms with E-state index in [1.807, 2.05) is 0 Å². The molecule has 0 aromatic carbocycles. The molecule has 0 aromatic rings. The van der Waals surface area contributed by atoms with E-state index in [9.17, 15) is 25.2 Å². The van der Waals surface area contributed by atoms with Gasteiger partial charge in [-0.1, -0.05) is 39.0 Å². The van der Waals surface area contributed by atoms with Gasteiger partial charge in [0.2, 0.25) is 11.4 Å². The summed E-state index contributed by atoms with van der Waals surface area (Å²) in [5.74, 6) is -2.36. The molecule has 1 unspecified atom stereocenters. The predicted molar refractivity (Wildman–Crippen MR) is 97.5 cm³/mol. The van der Waals surface area contributed by atoms with Crippen LogP contribution in [0.4, 0.5) is 0 Å². The van der Waals surface area contributed by atoms with Crippen LogP contribution in [0.2, 0.25) is 0 Å². The second kappa shape index (κ2) is 12.0. The van der Waals surface area contributed by atoms with Gasteiger partial charge >= 0.3 is 5.97 Å². The van der Waals surface area contributed by atoms with Crippen molar-refractivity contribution in [2.75, 3.05) is 13.2 Å². The van der Waals surface area contributed by atoms with E-state index in [-0.39, 0.29) is 5.76 Å². The van der Waals surface area contributed by atoms with Crippen LogP contribution in [0, 0.1) is 0 Å². The molecule has 1 aliphatic rings. The molecule has 1 rings (SSSR count). The van der Waals surface area contributed by atoms with Crippen LogP contribution in [0.25, 0.3) is 0 Å². The number of aliphatic hydroxyl groups excluding tert-OH is 5. The van der Waals surface area contributed by atoms with Crippen LogP contribution < -0.4 is 0 Å². The van der Waals surface area contributed by atoms with E-state index in [2.05, 4.69) is 6.92 Å². The fourth-order valence-corrected chi connectivity index (χ4v) is 2.99. The minimum absolute atomic E-state index is 0.388. The van der Waals surface area contributed by atoms with E-state index in [0.29, 0.717) is 0 Å². The fraction of sp³-hybridized carbons (Fsp3) is 0.737. The number of unbranched alkanes of at least 4 members (excludes halogenated alkanes) is 6. The van der Waals surface area contributed by atoms with Crippen molar-refractivity contribution in [3.8, 4) is 0 Å². The first-order chi connectivity index (χ1) is 12.9. The van der Waals surface area contributed by atoms with Crippen molar-refractivity contribution in [1.82, 2.24) is 0 Å². The highest BCUT2D eigenvalue weighted by atomic mass is 16.6. The maximum atomic E-state index is 11.8. The standard InChI is InChI=1S/C19H32O8/c1-2-3-4-5-6-7-8-9-10-26-17-16(24)18(25)27-19(17,15(23)13-21)11-14(22)12-20/h9-10,14-15,20-24H,2-8,11-13H2,1H3/t14?,15-,19+/m0/s1. The topological polar surface area (TPSA) is 137 Å². The van der Waals surface area contributed by atoms with Crippen molar-refractivity contribution >= 4 is 5.97 Å². The summed E-state index contributed by atoms with van der Waals surface area (Å²) in [6.45, 7) is 0.710. The molecule has 0 radical (unpaired) electrons. The maximum absolute atomic E-state index is 11.8. The Kier molecular flexibility index (Phi) is 10.4. The molecule has 0 aliphatic carbocycles. The van der Waals surface area contributed by atoms with Crippen LogP contribution in [0.15, 0.2) is 23.9 Å². The van der Waals surface area contributed by atoms with Gasteiger partial charge in [0.25, 0.3) is 0 Å². The number of hydrogen-bond acceptors (Lipinski definition) is 8. The van der Waals surface area contributed by atoms with Gasteiger partial charge in [-0.15, -0.1) is 0 Å². The van der Waals surface area contributed by atoms with Crippen LogP contribution in [0.1, 0.15) is 58.3 Å². The Bertz CT molecular complexity index is 516. The second-order valence-corrected chi connectivity index (χ2v) is 6.74. The van der Waals surface area contributed by atoms with Crippen LogP contribution in [0.5, 0.6) is 0 Å². The number of hydrogen-bond donors (Lipinski definition) is 5. The van der Waals surface area contributed by atoms with Gasteiger partial charge in [0.1, 0.15) is 6.10 Å². The van der Waals surface area contributed by atoms with Crippen LogP contribution in [0.3, 0.4) is 0 Å². The molecule has 5 N–H and O–H groups in total. The lowest BCUT2D eigenvalue weighted by Gasteiger charge is -2.34. The van der Waals surface area contributed by atoms with E-state index in [4.69, 9.17) is 14.6 Å². The molecule has 27 heavy (non-hydrogen) atoms. The molecule has 1 aliphatic heterocycles. The number of cyclic esters (lactones) is 1. The highest BCUT2D eigenvalue weighted by Crippen LogP contribution is 2.39. The average Bonchev–Trinajstić information content (AvgIpc) is 2.90. The van der Waals surface area contributed by atoms with Crippen LogP contribution in [-0.4, -0.2) is 62.5 Å². The van der Waals surface area contributed by atoms with E-state index in [1.165, 1.54) is 31.9 Å². The molecule has 1 heterocycles. The summed E-state index contributed by atoms with van der Waals surface area (Å²) in [6.07, 6.45) is 7.18. The van der Waals surface area contributed by atoms with Crippen molar-refractivity contribution in [3.05, 3.63) is 23.9 Å². The van der Waals surface area contributed by atoms with Gasteiger partial charge in [-0.2, -0.15) is 0 Å². The van der Waals surface area contributed by atoms with Crippen molar-refractivity contribution in [1.29, 1.82) is 0 Å². The van der Waals surface area contributed by atoms with Crippen molar-refractivity contribution < 1.29 is 39.8 Å². The molecule has 0 spiro atoms. The van der Waals surface area contributed by atoms with E-state index >= 15 is 0 Å². The Labute approximate surface area is 159 Å². The summed E-state index contributed by atoms with van der Waals surface area (Å²) in [5.41, 5.74) is -1.97. The quantitative estimate of drug-likeness (QED) is 0.171. The number of allylic oxidation sites excluding steroid dienone is 1. The lowest BCUT2D eigenvalue weighted by atomic mass is 9.88. The molecule has 0 aromatic heterocycles. The molecule has 0 saturated heterocycles. The molecule has 0 amide bonds. The average molecular weight is 388 g/mol. The Hall–Kier alpha value is -1.61. The largest absolute Gasteiger partial charge is 0.499 e. The zero-order valence-corrected chi connectivity index (χ0v) is 15.8. The first kappa shape index (κ1) is 23.4. The Morgan fingerprint density at radius 2 is 1.78 bits per heavy atom. The van der Waals surface area contributed by atoms with Crippen molar-refractivity contribution in [2.45, 2.75) is 76.1 Å². The van der Waals surface area contributed by atoms with Crippen molar-refractivity contribution in [3.63, 3.8) is 0 Å². The SMILES string of the molecule is CCCCCCCCC=COC1=C(O)C(=O)O[C@]1(CC(O)CO)[C@@H](O)CO. The first-order valence-electron chi connectivity index (χ1n) is 9.49. The van der Waals surface area contributed by atoms with Crippen LogP contribution in [-0.2, 0) is 14.3 Å². The maximum Gasteiger partial charge on any atom is 0.378 e. The van der Waals surface area contributed by atoms with Gasteiger partial charge in [0.15, 0.2) is 5.76 Å². The normalized spacial score (nSPS) is 22.3.